The fourth-order valence-corrected chi connectivity index (χ4v) is 4.06. The number of carbonyl (C=O) groups is 2. The molecule has 27 heavy (non-hydrogen) atoms. The quantitative estimate of drug-likeness (QED) is 0.599. The number of carbonyl (C=O) groups excluding carboxylic acids is 2. The first-order chi connectivity index (χ1) is 13.0. The highest BCUT2D eigenvalue weighted by atomic mass is 32.2. The SMILES string of the molecule is CC1CCN(C(=O)COc2ccc(B(O)O)c(C=O)c2)c2ccccc2S1. The maximum Gasteiger partial charge on any atom is 0.489 e. The minimum atomic E-state index is -1.74. The third-order valence-corrected chi connectivity index (χ3v) is 5.61. The normalized spacial score (nSPS) is 16.3. The standard InChI is InChI=1S/C19H20BNO5S/c1-13-8-9-21(17-4-2-3-5-18(17)27-13)19(23)12-26-15-6-7-16(20(24)25)14(10-15)11-22/h2-7,10-11,13,24-25H,8-9,12H2,1H3. The molecule has 1 aliphatic rings. The Labute approximate surface area is 162 Å². The van der Waals surface area contributed by atoms with Crippen molar-refractivity contribution in [3.8, 4) is 5.75 Å². The van der Waals surface area contributed by atoms with Crippen LogP contribution in [0, 0.1) is 0 Å². The van der Waals surface area contributed by atoms with Gasteiger partial charge in [-0.25, -0.2) is 0 Å². The summed E-state index contributed by atoms with van der Waals surface area (Å²) in [4.78, 5) is 26.7. The molecule has 8 heteroatoms. The topological polar surface area (TPSA) is 87.1 Å². The van der Waals surface area contributed by atoms with Crippen LogP contribution in [0.25, 0.3) is 0 Å². The van der Waals surface area contributed by atoms with Gasteiger partial charge < -0.3 is 19.7 Å². The number of para-hydroxylation sites is 1. The Bertz CT molecular complexity index is 845. The number of anilines is 1. The van der Waals surface area contributed by atoms with Gasteiger partial charge >= 0.3 is 7.12 Å². The van der Waals surface area contributed by atoms with Crippen molar-refractivity contribution >= 4 is 42.2 Å². The third-order valence-electron chi connectivity index (χ3n) is 4.37. The Morgan fingerprint density at radius 3 is 2.85 bits per heavy atom. The Morgan fingerprint density at radius 2 is 2.11 bits per heavy atom. The summed E-state index contributed by atoms with van der Waals surface area (Å²) in [5.74, 6) is 0.150. The largest absolute Gasteiger partial charge is 0.489 e. The monoisotopic (exact) mass is 385 g/mol. The van der Waals surface area contributed by atoms with Gasteiger partial charge in [0.2, 0.25) is 0 Å². The minimum Gasteiger partial charge on any atom is -0.484 e. The van der Waals surface area contributed by atoms with Crippen LogP contribution in [-0.4, -0.2) is 47.8 Å². The molecule has 1 atom stereocenters. The predicted molar refractivity (Wildman–Crippen MR) is 106 cm³/mol. The molecule has 2 aromatic rings. The lowest BCUT2D eigenvalue weighted by Gasteiger charge is -2.22. The summed E-state index contributed by atoms with van der Waals surface area (Å²) in [7, 11) is -1.74. The number of amides is 1. The van der Waals surface area contributed by atoms with E-state index in [-0.39, 0.29) is 23.5 Å². The molecule has 0 spiro atoms. The Hall–Kier alpha value is -2.29. The Kier molecular flexibility index (Phi) is 6.21. The van der Waals surface area contributed by atoms with E-state index in [1.807, 2.05) is 24.3 Å². The van der Waals surface area contributed by atoms with E-state index in [2.05, 4.69) is 6.92 Å². The number of hydrogen-bond acceptors (Lipinski definition) is 6. The van der Waals surface area contributed by atoms with E-state index >= 15 is 0 Å². The summed E-state index contributed by atoms with van der Waals surface area (Å²) < 4.78 is 5.56. The van der Waals surface area contributed by atoms with E-state index in [9.17, 15) is 19.6 Å². The molecule has 0 bridgehead atoms. The van der Waals surface area contributed by atoms with Crippen LogP contribution < -0.4 is 15.1 Å². The summed E-state index contributed by atoms with van der Waals surface area (Å²) in [5.41, 5.74) is 1.09. The van der Waals surface area contributed by atoms with Crippen LogP contribution in [0.4, 0.5) is 5.69 Å². The van der Waals surface area contributed by atoms with Crippen molar-refractivity contribution in [2.75, 3.05) is 18.1 Å². The molecular weight excluding hydrogens is 365 g/mol. The highest BCUT2D eigenvalue weighted by Crippen LogP contribution is 2.37. The number of aldehydes is 1. The third kappa shape index (κ3) is 4.52. The van der Waals surface area contributed by atoms with Crippen molar-refractivity contribution in [1.82, 2.24) is 0 Å². The zero-order chi connectivity index (χ0) is 19.4. The summed E-state index contributed by atoms with van der Waals surface area (Å²) in [6, 6.07) is 12.1. The summed E-state index contributed by atoms with van der Waals surface area (Å²) in [6.45, 7) is 2.58. The zero-order valence-electron chi connectivity index (χ0n) is 14.9. The van der Waals surface area contributed by atoms with Crippen molar-refractivity contribution in [3.05, 3.63) is 48.0 Å². The van der Waals surface area contributed by atoms with Gasteiger partial charge in [0.1, 0.15) is 12.0 Å². The second-order valence-corrected chi connectivity index (χ2v) is 7.78. The van der Waals surface area contributed by atoms with Gasteiger partial charge in [-0.05, 0) is 36.1 Å². The van der Waals surface area contributed by atoms with Crippen molar-refractivity contribution in [2.45, 2.75) is 23.5 Å². The van der Waals surface area contributed by atoms with Crippen LogP contribution in [0.5, 0.6) is 5.75 Å². The molecule has 3 rings (SSSR count). The molecule has 6 nitrogen and oxygen atoms in total. The minimum absolute atomic E-state index is 0.0936. The van der Waals surface area contributed by atoms with E-state index in [1.54, 1.807) is 16.7 Å². The highest BCUT2D eigenvalue weighted by Gasteiger charge is 2.24. The second kappa shape index (κ2) is 8.60. The molecule has 1 unspecified atom stereocenters. The lowest BCUT2D eigenvalue weighted by atomic mass is 9.77. The van der Waals surface area contributed by atoms with Crippen LogP contribution in [0.15, 0.2) is 47.4 Å². The van der Waals surface area contributed by atoms with E-state index in [0.29, 0.717) is 23.8 Å². The van der Waals surface area contributed by atoms with Crippen LogP contribution in [0.3, 0.4) is 0 Å². The van der Waals surface area contributed by atoms with E-state index in [1.165, 1.54) is 18.2 Å². The first kappa shape index (κ1) is 19.5. The lowest BCUT2D eigenvalue weighted by Crippen LogP contribution is -2.36. The second-order valence-electron chi connectivity index (χ2n) is 6.30. The van der Waals surface area contributed by atoms with Crippen molar-refractivity contribution in [3.63, 3.8) is 0 Å². The van der Waals surface area contributed by atoms with Gasteiger partial charge in [-0.1, -0.05) is 25.1 Å². The average molecular weight is 385 g/mol. The van der Waals surface area contributed by atoms with E-state index < -0.39 is 7.12 Å². The van der Waals surface area contributed by atoms with Gasteiger partial charge in [0.05, 0.1) is 5.69 Å². The van der Waals surface area contributed by atoms with Crippen LogP contribution in [0.1, 0.15) is 23.7 Å². The number of rotatable bonds is 5. The fraction of sp³-hybridized carbons (Fsp3) is 0.263. The number of benzene rings is 2. The smallest absolute Gasteiger partial charge is 0.484 e. The molecule has 0 radical (unpaired) electrons. The average Bonchev–Trinajstić information content (AvgIpc) is 2.83. The van der Waals surface area contributed by atoms with E-state index in [0.717, 1.165) is 17.0 Å². The molecule has 2 N–H and O–H groups in total. The van der Waals surface area contributed by atoms with Gasteiger partial charge in [0.15, 0.2) is 6.61 Å². The predicted octanol–water partition coefficient (Wildman–Crippen LogP) is 1.48. The van der Waals surface area contributed by atoms with Crippen LogP contribution in [-0.2, 0) is 4.79 Å². The Morgan fingerprint density at radius 1 is 1.33 bits per heavy atom. The number of nitrogens with zero attached hydrogens (tertiary/aromatic N) is 1. The molecule has 0 saturated carbocycles. The summed E-state index contributed by atoms with van der Waals surface area (Å²) in [6.07, 6.45) is 1.40. The maximum atomic E-state index is 12.8. The molecule has 0 saturated heterocycles. The Balaban J connectivity index is 1.74. The van der Waals surface area contributed by atoms with Gasteiger partial charge in [0, 0.05) is 22.3 Å². The van der Waals surface area contributed by atoms with Crippen LogP contribution >= 0.6 is 11.8 Å². The van der Waals surface area contributed by atoms with Crippen LogP contribution in [0.2, 0.25) is 0 Å². The molecule has 0 fully saturated rings. The van der Waals surface area contributed by atoms with E-state index in [4.69, 9.17) is 4.74 Å². The first-order valence-corrected chi connectivity index (χ1v) is 9.51. The first-order valence-electron chi connectivity index (χ1n) is 8.63. The van der Waals surface area contributed by atoms with Crippen molar-refractivity contribution < 1.29 is 24.4 Å². The highest BCUT2D eigenvalue weighted by molar-refractivity contribution is 8.00. The lowest BCUT2D eigenvalue weighted by molar-refractivity contribution is -0.120. The molecular formula is C19H20BNO5S. The zero-order valence-corrected chi connectivity index (χ0v) is 15.7. The maximum absolute atomic E-state index is 12.8. The van der Waals surface area contributed by atoms with Gasteiger partial charge in [-0.3, -0.25) is 9.59 Å². The molecule has 0 aromatic heterocycles. The number of hydrogen-bond donors (Lipinski definition) is 2. The molecule has 2 aromatic carbocycles. The number of ether oxygens (including phenoxy) is 1. The molecule has 1 amide bonds. The molecule has 1 heterocycles. The molecule has 0 aliphatic carbocycles. The van der Waals surface area contributed by atoms with Gasteiger partial charge in [-0.15, -0.1) is 11.8 Å². The van der Waals surface area contributed by atoms with Gasteiger partial charge in [-0.2, -0.15) is 0 Å². The number of thioether (sulfide) groups is 1. The summed E-state index contributed by atoms with van der Waals surface area (Å²) in [5, 5.41) is 18.9. The molecule has 140 valence electrons. The van der Waals surface area contributed by atoms with Crippen molar-refractivity contribution in [1.29, 1.82) is 0 Å². The fourth-order valence-electron chi connectivity index (χ4n) is 2.95. The number of fused-ring (bicyclic) bond motifs is 1. The molecule has 1 aliphatic heterocycles. The van der Waals surface area contributed by atoms with Gasteiger partial charge in [0.25, 0.3) is 5.91 Å². The summed E-state index contributed by atoms with van der Waals surface area (Å²) >= 11 is 1.76. The van der Waals surface area contributed by atoms with Crippen molar-refractivity contribution in [2.24, 2.45) is 0 Å².